The summed E-state index contributed by atoms with van der Waals surface area (Å²) in [5.74, 6) is 0.598. The Morgan fingerprint density at radius 2 is 1.93 bits per heavy atom. The number of pyridine rings is 1. The van der Waals surface area contributed by atoms with Crippen molar-refractivity contribution in [1.29, 1.82) is 0 Å². The molecule has 0 aliphatic carbocycles. The van der Waals surface area contributed by atoms with Crippen LogP contribution < -0.4 is 5.73 Å². The summed E-state index contributed by atoms with van der Waals surface area (Å²) < 4.78 is 42.7. The van der Waals surface area contributed by atoms with Crippen LogP contribution in [0.4, 0.5) is 5.82 Å². The van der Waals surface area contributed by atoms with E-state index in [0.29, 0.717) is 39.0 Å². The van der Waals surface area contributed by atoms with Crippen LogP contribution in [0.15, 0.2) is 56.0 Å². The van der Waals surface area contributed by atoms with E-state index in [4.69, 9.17) is 5.73 Å². The molecule has 2 N–H and O–H groups in total. The molecule has 1 atom stereocenters. The number of rotatable bonds is 5. The number of nitrogens with two attached hydrogens (primary N) is 1. The summed E-state index contributed by atoms with van der Waals surface area (Å²) in [6, 6.07) is 7.57. The van der Waals surface area contributed by atoms with E-state index >= 15 is 0 Å². The summed E-state index contributed by atoms with van der Waals surface area (Å²) in [6.07, 6.45) is 2.64. The van der Waals surface area contributed by atoms with Gasteiger partial charge in [0.05, 0.1) is 16.6 Å². The van der Waals surface area contributed by atoms with Gasteiger partial charge in [-0.15, -0.1) is 0 Å². The monoisotopic (exact) mass is 432 g/mol. The number of fused-ring (bicyclic) bond motifs is 1. The van der Waals surface area contributed by atoms with Crippen LogP contribution in [0.1, 0.15) is 6.92 Å². The van der Waals surface area contributed by atoms with E-state index in [1.165, 1.54) is 30.5 Å². The fourth-order valence-electron chi connectivity index (χ4n) is 2.89. The first-order valence-corrected chi connectivity index (χ1v) is 11.5. The molecule has 150 valence electrons. The average Bonchev–Trinajstić information content (AvgIpc) is 3.28. The van der Waals surface area contributed by atoms with E-state index in [1.54, 1.807) is 6.07 Å². The molecule has 1 unspecified atom stereocenters. The van der Waals surface area contributed by atoms with Gasteiger partial charge in [-0.05, 0) is 47.6 Å². The van der Waals surface area contributed by atoms with Crippen molar-refractivity contribution in [3.05, 3.63) is 36.5 Å². The van der Waals surface area contributed by atoms with Gasteiger partial charge in [-0.1, -0.05) is 0 Å². The first-order valence-electron chi connectivity index (χ1n) is 8.46. The molecule has 10 nitrogen and oxygen atoms in total. The Morgan fingerprint density at radius 3 is 2.52 bits per heavy atom. The highest BCUT2D eigenvalue weighted by atomic mass is 32.2. The number of imidazole rings is 1. The number of sulfone groups is 1. The summed E-state index contributed by atoms with van der Waals surface area (Å²) in [6.45, 7) is 2.48. The summed E-state index contributed by atoms with van der Waals surface area (Å²) >= 11 is 0. The van der Waals surface area contributed by atoms with Gasteiger partial charge in [0.2, 0.25) is 0 Å². The van der Waals surface area contributed by atoms with E-state index in [9.17, 15) is 12.6 Å². The second-order valence-corrected chi connectivity index (χ2v) is 9.64. The molecule has 0 fully saturated rings. The third-order valence-electron chi connectivity index (χ3n) is 4.31. The topological polar surface area (TPSA) is 147 Å². The summed E-state index contributed by atoms with van der Waals surface area (Å²) in [5.41, 5.74) is 7.39. The van der Waals surface area contributed by atoms with Crippen LogP contribution in [0.3, 0.4) is 0 Å². The van der Waals surface area contributed by atoms with Crippen molar-refractivity contribution in [2.75, 3.05) is 12.0 Å². The lowest BCUT2D eigenvalue weighted by atomic mass is 10.4. The molecule has 0 amide bonds. The molecule has 4 aromatic rings. The zero-order valence-electron chi connectivity index (χ0n) is 15.4. The molecular formula is C17H16N6O4S2. The van der Waals surface area contributed by atoms with Gasteiger partial charge in [0.15, 0.2) is 27.2 Å². The smallest absolute Gasteiger partial charge is 0.199 e. The zero-order valence-corrected chi connectivity index (χ0v) is 17.1. The first-order chi connectivity index (χ1) is 13.8. The SMILES string of the molecule is CCn1c(-c2nonc2N)nc2cnc(S(=O)c3ccc(S(C)(=O)=O)cc3)cc21. The Balaban J connectivity index is 1.77. The van der Waals surface area contributed by atoms with Crippen LogP contribution in [0, 0.1) is 0 Å². The fourth-order valence-corrected chi connectivity index (χ4v) is 4.52. The molecule has 0 radical (unpaired) electrons. The minimum atomic E-state index is -3.33. The van der Waals surface area contributed by atoms with Crippen molar-refractivity contribution < 1.29 is 17.3 Å². The molecule has 12 heteroatoms. The Bertz CT molecular complexity index is 1340. The normalized spacial score (nSPS) is 13.0. The van der Waals surface area contributed by atoms with Gasteiger partial charge in [-0.25, -0.2) is 27.2 Å². The van der Waals surface area contributed by atoms with Crippen LogP contribution in [0.5, 0.6) is 0 Å². The van der Waals surface area contributed by atoms with Crippen LogP contribution in [-0.4, -0.2) is 43.7 Å². The number of aromatic nitrogens is 5. The van der Waals surface area contributed by atoms with Crippen LogP contribution in [0.2, 0.25) is 0 Å². The van der Waals surface area contributed by atoms with Crippen LogP contribution in [0.25, 0.3) is 22.6 Å². The van der Waals surface area contributed by atoms with Gasteiger partial charge in [0.1, 0.15) is 21.3 Å². The number of anilines is 1. The quantitative estimate of drug-likeness (QED) is 0.497. The number of hydrogen-bond donors (Lipinski definition) is 1. The fraction of sp³-hybridized carbons (Fsp3) is 0.176. The van der Waals surface area contributed by atoms with E-state index < -0.39 is 20.6 Å². The number of benzene rings is 1. The van der Waals surface area contributed by atoms with Crippen molar-refractivity contribution >= 4 is 37.5 Å². The second kappa shape index (κ2) is 7.04. The van der Waals surface area contributed by atoms with Gasteiger partial charge in [-0.2, -0.15) is 0 Å². The molecule has 1 aromatic carbocycles. The van der Waals surface area contributed by atoms with Crippen molar-refractivity contribution in [3.8, 4) is 11.5 Å². The molecule has 4 rings (SSSR count). The number of nitrogen functional groups attached to an aromatic ring is 1. The highest BCUT2D eigenvalue weighted by Crippen LogP contribution is 2.28. The molecule has 29 heavy (non-hydrogen) atoms. The molecule has 0 bridgehead atoms. The van der Waals surface area contributed by atoms with E-state index in [-0.39, 0.29) is 10.7 Å². The summed E-state index contributed by atoms with van der Waals surface area (Å²) in [5, 5.41) is 7.70. The predicted octanol–water partition coefficient (Wildman–Crippen LogP) is 1.65. The largest absolute Gasteiger partial charge is 0.379 e. The number of aryl methyl sites for hydroxylation is 1. The van der Waals surface area contributed by atoms with Gasteiger partial charge in [0, 0.05) is 17.7 Å². The average molecular weight is 432 g/mol. The lowest BCUT2D eigenvalue weighted by Crippen LogP contribution is -2.01. The van der Waals surface area contributed by atoms with Crippen LogP contribution >= 0.6 is 0 Å². The maximum absolute atomic E-state index is 13.0. The molecule has 0 aliphatic rings. The van der Waals surface area contributed by atoms with E-state index in [2.05, 4.69) is 24.9 Å². The molecule has 3 aromatic heterocycles. The molecule has 0 spiro atoms. The van der Waals surface area contributed by atoms with Gasteiger partial charge in [0.25, 0.3) is 0 Å². The van der Waals surface area contributed by atoms with Crippen molar-refractivity contribution in [1.82, 2.24) is 24.8 Å². The number of nitrogens with zero attached hydrogens (tertiary/aromatic N) is 5. The third-order valence-corrected chi connectivity index (χ3v) is 6.74. The summed E-state index contributed by atoms with van der Waals surface area (Å²) in [4.78, 5) is 9.36. The minimum Gasteiger partial charge on any atom is -0.379 e. The lowest BCUT2D eigenvalue weighted by molar-refractivity contribution is 0.310. The van der Waals surface area contributed by atoms with Crippen molar-refractivity contribution in [2.24, 2.45) is 0 Å². The Kier molecular flexibility index (Phi) is 4.67. The van der Waals surface area contributed by atoms with Crippen molar-refractivity contribution in [3.63, 3.8) is 0 Å². The first kappa shape index (κ1) is 19.2. The molecular weight excluding hydrogens is 416 g/mol. The molecule has 3 heterocycles. The van der Waals surface area contributed by atoms with Gasteiger partial charge >= 0.3 is 0 Å². The standard InChI is InChI=1S/C17H16N6O4S2/c1-3-23-13-8-14(28(24)10-4-6-11(7-5-10)29(2,25)26)19-9-12(13)20-17(23)15-16(18)22-27-21-15/h4-9H,3H2,1-2H3,(H2,18,22). The molecule has 0 saturated heterocycles. The second-order valence-electron chi connectivity index (χ2n) is 6.20. The van der Waals surface area contributed by atoms with E-state index in [0.717, 1.165) is 6.26 Å². The van der Waals surface area contributed by atoms with Crippen molar-refractivity contribution in [2.45, 2.75) is 28.3 Å². The maximum atomic E-state index is 13.0. The van der Waals surface area contributed by atoms with Gasteiger partial charge in [-0.3, -0.25) is 0 Å². The maximum Gasteiger partial charge on any atom is 0.199 e. The van der Waals surface area contributed by atoms with E-state index in [1.807, 2.05) is 11.5 Å². The van der Waals surface area contributed by atoms with Crippen LogP contribution in [-0.2, 0) is 27.2 Å². The number of hydrogen-bond acceptors (Lipinski definition) is 9. The highest BCUT2D eigenvalue weighted by Gasteiger charge is 2.20. The Hall–Kier alpha value is -3.12. The Morgan fingerprint density at radius 1 is 1.21 bits per heavy atom. The predicted molar refractivity (Wildman–Crippen MR) is 105 cm³/mol. The molecule has 0 aliphatic heterocycles. The molecule has 0 saturated carbocycles. The van der Waals surface area contributed by atoms with Gasteiger partial charge < -0.3 is 10.3 Å². The zero-order chi connectivity index (χ0) is 20.8. The Labute approximate surface area is 168 Å². The lowest BCUT2D eigenvalue weighted by Gasteiger charge is -2.06. The summed E-state index contributed by atoms with van der Waals surface area (Å²) in [7, 11) is -4.92. The third kappa shape index (κ3) is 3.40. The minimum absolute atomic E-state index is 0.123. The highest BCUT2D eigenvalue weighted by molar-refractivity contribution is 7.90.